The molecule has 2 amide bonds. The number of fused-ring (bicyclic) bond motifs is 4. The summed E-state index contributed by atoms with van der Waals surface area (Å²) in [6.45, 7) is 16.1. The van der Waals surface area contributed by atoms with Crippen LogP contribution in [0.3, 0.4) is 0 Å². The van der Waals surface area contributed by atoms with Gasteiger partial charge in [0.15, 0.2) is 22.6 Å². The second kappa shape index (κ2) is 38.7. The molecule has 20 rings (SSSR count). The summed E-state index contributed by atoms with van der Waals surface area (Å²) in [6, 6.07) is 69.5. The van der Waals surface area contributed by atoms with Crippen LogP contribution in [0.1, 0.15) is 31.2 Å². The van der Waals surface area contributed by atoms with Crippen molar-refractivity contribution in [3.05, 3.63) is 262 Å². The molecule has 8 aromatic heterocycles. The first kappa shape index (κ1) is 84.0. The molecule has 124 heavy (non-hydrogen) atoms. The molecule has 0 atom stereocenters. The summed E-state index contributed by atoms with van der Waals surface area (Å²) in [5.41, 5.74) is 15.6. The van der Waals surface area contributed by atoms with E-state index in [1.807, 2.05) is 184 Å². The first-order chi connectivity index (χ1) is 60.6. The molecule has 0 saturated carbocycles. The molecule has 16 aromatic rings. The molecule has 12 heterocycles. The smallest absolute Gasteiger partial charge is 0.244 e. The minimum Gasteiger partial charge on any atom is -0.379 e. The highest BCUT2D eigenvalue weighted by atomic mass is 35.5. The molecule has 30 heteroatoms. The van der Waals surface area contributed by atoms with Crippen LogP contribution in [0.4, 0.5) is 8.78 Å². The molecule has 24 nitrogen and oxygen atoms in total. The lowest BCUT2D eigenvalue weighted by atomic mass is 10.1. The number of nitrogens with zero attached hydrogens (tertiary/aromatic N) is 21. The second-order valence-electron chi connectivity index (χ2n) is 30.9. The Morgan fingerprint density at radius 3 is 0.952 bits per heavy atom. The van der Waals surface area contributed by atoms with Gasteiger partial charge >= 0.3 is 0 Å². The fourth-order valence-electron chi connectivity index (χ4n) is 15.9. The number of benzene rings is 8. The number of rotatable bonds is 18. The fraction of sp³-hybridized carbons (Fsp3) is 0.255. The van der Waals surface area contributed by atoms with E-state index in [4.69, 9.17) is 66.4 Å². The number of amides is 2. The van der Waals surface area contributed by atoms with Crippen molar-refractivity contribution in [1.29, 1.82) is 0 Å². The maximum absolute atomic E-state index is 13.5. The average molecular weight is 1740 g/mol. The van der Waals surface area contributed by atoms with E-state index < -0.39 is 0 Å². The minimum absolute atomic E-state index is 0.0161. The molecular weight excluding hydrogens is 1650 g/mol. The molecule has 0 aliphatic carbocycles. The summed E-state index contributed by atoms with van der Waals surface area (Å²) in [4.78, 5) is 36.5. The van der Waals surface area contributed by atoms with Gasteiger partial charge in [0.05, 0.1) is 67.9 Å². The number of halogens is 6. The van der Waals surface area contributed by atoms with Crippen LogP contribution in [0.5, 0.6) is 0 Å². The van der Waals surface area contributed by atoms with Crippen LogP contribution in [0.2, 0.25) is 20.1 Å². The van der Waals surface area contributed by atoms with Crippen molar-refractivity contribution < 1.29 is 23.1 Å². The van der Waals surface area contributed by atoms with Gasteiger partial charge in [-0.05, 0) is 94.3 Å². The van der Waals surface area contributed by atoms with Crippen LogP contribution < -0.4 is 0 Å². The van der Waals surface area contributed by atoms with Crippen LogP contribution in [0.15, 0.2) is 224 Å². The standard InChI is InChI=1S/C24H25ClN6.C24H22ClN5O.C23H19ClFN5O.C23H21ClFN5O/c1-29-12-14-30(15-13-29)16-17-31-24-20(22(28-31)18-8-4-2-5-9-18)21(25)23(26-27-24)19-10-6-3-7-11-19;1-16-8-7-11-18(14-16)22-20-21(25)23(17-9-3-2-4-10-17)26-27-24(20)30(28-22)15-19(31)29-12-5-6-13-29;24-20-19-21(16-8-10-17(25)11-9-16)28-30(14-18(31)29-12-4-5-13-29)23(19)27-26-22(20)15-6-2-1-3-7-15;24-20-19-21(17-6-8-18(25)9-7-17)28-30(11-10-29-12-14-31-15-13-29)23(19)27-26-22(20)16-4-2-1-3-5-16/h2-11H,12-17H2,1H3;2-4,7-11,14H,5-6,12-13,15H2,1H3;1-3,6-11H,4-5,12-14H2;1-9H,10-15H2. The van der Waals surface area contributed by atoms with Gasteiger partial charge in [-0.25, -0.2) is 27.5 Å². The normalized spacial score (nSPS) is 14.5. The number of carbonyl (C=O) groups is 2. The maximum atomic E-state index is 13.5. The zero-order valence-electron chi connectivity index (χ0n) is 68.3. The number of carbonyl (C=O) groups excluding carboxylic acids is 2. The van der Waals surface area contributed by atoms with Crippen LogP contribution in [-0.2, 0) is 40.5 Å². The summed E-state index contributed by atoms with van der Waals surface area (Å²) >= 11 is 27.5. The summed E-state index contributed by atoms with van der Waals surface area (Å²) in [5.74, 6) is -0.608. The fourth-order valence-corrected chi connectivity index (χ4v) is 17.2. The van der Waals surface area contributed by atoms with E-state index in [-0.39, 0.29) is 36.5 Å². The van der Waals surface area contributed by atoms with Gasteiger partial charge < -0.3 is 19.4 Å². The van der Waals surface area contributed by atoms with Crippen LogP contribution in [0.25, 0.3) is 134 Å². The number of hydrogen-bond donors (Lipinski definition) is 0. The van der Waals surface area contributed by atoms with Gasteiger partial charge in [0.2, 0.25) is 11.8 Å². The molecule has 4 fully saturated rings. The number of likely N-dealkylation sites (N-methyl/N-ethyl adjacent to an activating group) is 1. The number of ether oxygens (including phenoxy) is 1. The molecule has 0 unspecified atom stereocenters. The van der Waals surface area contributed by atoms with Crippen LogP contribution >= 0.6 is 46.4 Å². The summed E-state index contributed by atoms with van der Waals surface area (Å²) in [7, 11) is 2.17. The van der Waals surface area contributed by atoms with Crippen molar-refractivity contribution >= 4 is 102 Å². The molecule has 4 aliphatic rings. The topological polar surface area (TPSA) is 234 Å². The van der Waals surface area contributed by atoms with Gasteiger partial charge in [-0.2, -0.15) is 20.4 Å². The van der Waals surface area contributed by atoms with Crippen molar-refractivity contribution in [2.24, 2.45) is 0 Å². The minimum atomic E-state index is -0.340. The van der Waals surface area contributed by atoms with E-state index in [9.17, 15) is 18.4 Å². The lowest BCUT2D eigenvalue weighted by Gasteiger charge is -2.32. The van der Waals surface area contributed by atoms with Gasteiger partial charge in [-0.3, -0.25) is 19.4 Å². The molecule has 8 aromatic carbocycles. The van der Waals surface area contributed by atoms with E-state index in [1.54, 1.807) is 33.6 Å². The third-order valence-corrected chi connectivity index (χ3v) is 24.1. The number of aromatic nitrogens is 16. The van der Waals surface area contributed by atoms with Gasteiger partial charge in [-0.15, -0.1) is 40.8 Å². The lowest BCUT2D eigenvalue weighted by Crippen LogP contribution is -2.45. The zero-order valence-corrected chi connectivity index (χ0v) is 71.3. The van der Waals surface area contributed by atoms with E-state index in [0.717, 1.165) is 196 Å². The Bertz CT molecular complexity index is 6430. The number of hydrogen-bond acceptors (Lipinski definition) is 18. The SMILES string of the molecule is CN1CCN(CCn2nc(-c3ccccc3)c3c(Cl)c(-c4ccccc4)nnc32)CC1.Cc1cccc(-c2nn(CC(=O)N3CCCC3)c3nnc(-c4ccccc4)c(Cl)c23)c1.Fc1ccc(-c2nn(CCN3CCOCC3)c3nnc(-c4ccccc4)c(Cl)c23)cc1.O=C(Cn1nc(-c2ccc(F)cc2)c2c(Cl)c(-c3ccccc3)nnc21)N1CCCC1. The highest BCUT2D eigenvalue weighted by Gasteiger charge is 2.30. The highest BCUT2D eigenvalue weighted by molar-refractivity contribution is 6.40. The van der Waals surface area contributed by atoms with Crippen molar-refractivity contribution in [2.75, 3.05) is 98.8 Å². The highest BCUT2D eigenvalue weighted by Crippen LogP contribution is 2.43. The quantitative estimate of drug-likeness (QED) is 0.0776. The number of morpholine rings is 1. The number of aryl methyl sites for hydroxylation is 1. The molecule has 0 N–H and O–H groups in total. The van der Waals surface area contributed by atoms with Crippen LogP contribution in [0, 0.1) is 18.6 Å². The Morgan fingerprint density at radius 2 is 0.613 bits per heavy atom. The molecule has 0 radical (unpaired) electrons. The van der Waals surface area contributed by atoms with Gasteiger partial charge in [0.1, 0.15) is 70.3 Å². The lowest BCUT2D eigenvalue weighted by molar-refractivity contribution is -0.131. The molecular formula is C94H87Cl4F2N21O3. The Labute approximate surface area is 734 Å². The Balaban J connectivity index is 0.000000117. The monoisotopic (exact) mass is 1740 g/mol. The summed E-state index contributed by atoms with van der Waals surface area (Å²) in [6.07, 6.45) is 4.12. The van der Waals surface area contributed by atoms with E-state index in [1.165, 1.54) is 24.3 Å². The van der Waals surface area contributed by atoms with Crippen molar-refractivity contribution in [3.63, 3.8) is 0 Å². The van der Waals surface area contributed by atoms with E-state index in [2.05, 4.69) is 85.8 Å². The zero-order chi connectivity index (χ0) is 85.2. The third-order valence-electron chi connectivity index (χ3n) is 22.6. The van der Waals surface area contributed by atoms with E-state index >= 15 is 0 Å². The predicted octanol–water partition coefficient (Wildman–Crippen LogP) is 17.7. The second-order valence-corrected chi connectivity index (χ2v) is 32.4. The van der Waals surface area contributed by atoms with Gasteiger partial charge in [0.25, 0.3) is 0 Å². The molecule has 0 spiro atoms. The van der Waals surface area contributed by atoms with Crippen LogP contribution in [-0.4, -0.2) is 215 Å². The Kier molecular flexibility index (Phi) is 26.2. The maximum Gasteiger partial charge on any atom is 0.244 e. The summed E-state index contributed by atoms with van der Waals surface area (Å²) in [5, 5.41) is 59.7. The van der Waals surface area contributed by atoms with Crippen molar-refractivity contribution in [3.8, 4) is 90.1 Å². The molecule has 628 valence electrons. The molecule has 4 aliphatic heterocycles. The van der Waals surface area contributed by atoms with Gasteiger partial charge in [0, 0.05) is 123 Å². The third kappa shape index (κ3) is 18.7. The predicted molar refractivity (Wildman–Crippen MR) is 482 cm³/mol. The van der Waals surface area contributed by atoms with Gasteiger partial charge in [-0.1, -0.05) is 222 Å². The molecule has 0 bridgehead atoms. The Hall–Kier alpha value is -12.2. The Morgan fingerprint density at radius 1 is 0.323 bits per heavy atom. The number of likely N-dealkylation sites (tertiary alicyclic amines) is 2. The first-order valence-corrected chi connectivity index (χ1v) is 43.0. The number of piperazine rings is 1. The molecule has 4 saturated heterocycles. The van der Waals surface area contributed by atoms with Crippen molar-refractivity contribution in [1.82, 2.24) is 104 Å². The largest absolute Gasteiger partial charge is 0.379 e. The average Bonchev–Trinajstić information content (AvgIpc) is 1.61. The van der Waals surface area contributed by atoms with Crippen molar-refractivity contribution in [2.45, 2.75) is 58.8 Å². The summed E-state index contributed by atoms with van der Waals surface area (Å²) < 4.78 is 39.5. The first-order valence-electron chi connectivity index (χ1n) is 41.5. The van der Waals surface area contributed by atoms with E-state index in [0.29, 0.717) is 94.4 Å².